The van der Waals surface area contributed by atoms with E-state index in [0.29, 0.717) is 16.9 Å². The fraction of sp³-hybridized carbons (Fsp3) is 0.440. The molecule has 0 aromatic heterocycles. The van der Waals surface area contributed by atoms with Gasteiger partial charge in [-0.05, 0) is 67.1 Å². The van der Waals surface area contributed by atoms with Crippen LogP contribution in [-0.2, 0) is 9.59 Å². The van der Waals surface area contributed by atoms with Gasteiger partial charge in [-0.3, -0.25) is 9.59 Å². The SMILES string of the molecule is CC[C@@H](c1ccc(F)cc1)[C@H](C)C(=O)Nc1cc(C)c(C(C)C(=O)N(C)CC(F)(F)F)cc1F. The Kier molecular flexibility index (Phi) is 8.80. The Hall–Kier alpha value is -2.97. The molecule has 2 amide bonds. The van der Waals surface area contributed by atoms with Crippen LogP contribution in [0, 0.1) is 24.5 Å². The number of rotatable bonds is 8. The lowest BCUT2D eigenvalue weighted by Gasteiger charge is -2.25. The molecule has 0 radical (unpaired) electrons. The molecule has 0 aliphatic rings. The quantitative estimate of drug-likeness (QED) is 0.456. The number of aryl methyl sites for hydroxylation is 1. The van der Waals surface area contributed by atoms with E-state index in [-0.39, 0.29) is 23.0 Å². The molecule has 186 valence electrons. The van der Waals surface area contributed by atoms with Crippen LogP contribution in [0.15, 0.2) is 36.4 Å². The van der Waals surface area contributed by atoms with E-state index in [1.807, 2.05) is 6.92 Å². The molecule has 1 unspecified atom stereocenters. The predicted octanol–water partition coefficient (Wildman–Crippen LogP) is 6.17. The Morgan fingerprint density at radius 1 is 1.06 bits per heavy atom. The van der Waals surface area contributed by atoms with E-state index in [1.54, 1.807) is 26.0 Å². The van der Waals surface area contributed by atoms with Gasteiger partial charge in [0.2, 0.25) is 11.8 Å². The summed E-state index contributed by atoms with van der Waals surface area (Å²) in [6, 6.07) is 8.29. The predicted molar refractivity (Wildman–Crippen MR) is 120 cm³/mol. The molecule has 0 aliphatic heterocycles. The molecule has 3 atom stereocenters. The van der Waals surface area contributed by atoms with Gasteiger partial charge in [-0.1, -0.05) is 26.0 Å². The summed E-state index contributed by atoms with van der Waals surface area (Å²) < 4.78 is 65.9. The zero-order chi connectivity index (χ0) is 25.8. The molecule has 0 fully saturated rings. The number of halogens is 5. The fourth-order valence-corrected chi connectivity index (χ4v) is 4.09. The Bertz CT molecular complexity index is 1020. The van der Waals surface area contributed by atoms with Crippen LogP contribution in [-0.4, -0.2) is 36.5 Å². The van der Waals surface area contributed by atoms with Crippen molar-refractivity contribution < 1.29 is 31.5 Å². The minimum atomic E-state index is -4.54. The highest BCUT2D eigenvalue weighted by atomic mass is 19.4. The summed E-state index contributed by atoms with van der Waals surface area (Å²) >= 11 is 0. The molecular formula is C25H29F5N2O2. The van der Waals surface area contributed by atoms with E-state index >= 15 is 0 Å². The lowest BCUT2D eigenvalue weighted by Crippen LogP contribution is -2.38. The number of nitrogens with one attached hydrogen (secondary N) is 1. The molecule has 0 saturated carbocycles. The van der Waals surface area contributed by atoms with Gasteiger partial charge in [0.05, 0.1) is 11.6 Å². The highest BCUT2D eigenvalue weighted by Crippen LogP contribution is 2.31. The Morgan fingerprint density at radius 3 is 2.18 bits per heavy atom. The first-order valence-electron chi connectivity index (χ1n) is 10.9. The van der Waals surface area contributed by atoms with E-state index in [9.17, 15) is 31.5 Å². The smallest absolute Gasteiger partial charge is 0.336 e. The molecule has 0 bridgehead atoms. The van der Waals surface area contributed by atoms with Crippen molar-refractivity contribution >= 4 is 17.5 Å². The highest BCUT2D eigenvalue weighted by Gasteiger charge is 2.33. The molecule has 0 spiro atoms. The molecule has 0 aliphatic carbocycles. The van der Waals surface area contributed by atoms with Crippen molar-refractivity contribution in [1.82, 2.24) is 4.90 Å². The van der Waals surface area contributed by atoms with E-state index in [1.165, 1.54) is 25.1 Å². The minimum absolute atomic E-state index is 0.0876. The van der Waals surface area contributed by atoms with Crippen LogP contribution in [0.5, 0.6) is 0 Å². The van der Waals surface area contributed by atoms with Crippen molar-refractivity contribution in [3.63, 3.8) is 0 Å². The topological polar surface area (TPSA) is 49.4 Å². The van der Waals surface area contributed by atoms with Gasteiger partial charge >= 0.3 is 6.18 Å². The second kappa shape index (κ2) is 11.0. The van der Waals surface area contributed by atoms with Crippen molar-refractivity contribution in [1.29, 1.82) is 0 Å². The maximum Gasteiger partial charge on any atom is 0.406 e. The van der Waals surface area contributed by atoms with Crippen LogP contribution in [0.25, 0.3) is 0 Å². The molecule has 9 heteroatoms. The summed E-state index contributed by atoms with van der Waals surface area (Å²) in [6.45, 7) is 5.19. The zero-order valence-electron chi connectivity index (χ0n) is 19.8. The van der Waals surface area contributed by atoms with Gasteiger partial charge in [-0.15, -0.1) is 0 Å². The van der Waals surface area contributed by atoms with Crippen molar-refractivity contribution in [2.75, 3.05) is 18.9 Å². The average Bonchev–Trinajstić information content (AvgIpc) is 2.75. The van der Waals surface area contributed by atoms with Gasteiger partial charge in [0.25, 0.3) is 0 Å². The summed E-state index contributed by atoms with van der Waals surface area (Å²) in [7, 11) is 1.04. The molecule has 2 aromatic carbocycles. The monoisotopic (exact) mass is 484 g/mol. The van der Waals surface area contributed by atoms with Gasteiger partial charge < -0.3 is 10.2 Å². The maximum absolute atomic E-state index is 14.8. The summed E-state index contributed by atoms with van der Waals surface area (Å²) in [5, 5.41) is 2.56. The van der Waals surface area contributed by atoms with E-state index < -0.39 is 42.2 Å². The molecule has 0 heterocycles. The molecule has 34 heavy (non-hydrogen) atoms. The third-order valence-corrected chi connectivity index (χ3v) is 6.00. The first kappa shape index (κ1) is 27.3. The average molecular weight is 485 g/mol. The number of likely N-dealkylation sites (N-methyl/N-ethyl adjacent to an activating group) is 1. The summed E-state index contributed by atoms with van der Waals surface area (Å²) in [6.07, 6.45) is -3.94. The lowest BCUT2D eigenvalue weighted by atomic mass is 9.84. The van der Waals surface area contributed by atoms with Crippen LogP contribution < -0.4 is 5.32 Å². The molecule has 1 N–H and O–H groups in total. The number of benzene rings is 2. The molecule has 0 saturated heterocycles. The van der Waals surface area contributed by atoms with Crippen molar-refractivity contribution in [2.24, 2.45) is 5.92 Å². The van der Waals surface area contributed by atoms with Crippen LogP contribution in [0.2, 0.25) is 0 Å². The highest BCUT2D eigenvalue weighted by molar-refractivity contribution is 5.93. The Labute approximate surface area is 196 Å². The number of nitrogens with zero attached hydrogens (tertiary/aromatic N) is 1. The van der Waals surface area contributed by atoms with Crippen LogP contribution in [0.4, 0.5) is 27.6 Å². The maximum atomic E-state index is 14.8. The van der Waals surface area contributed by atoms with Gasteiger partial charge in [0.15, 0.2) is 0 Å². The van der Waals surface area contributed by atoms with E-state index in [2.05, 4.69) is 5.32 Å². The Morgan fingerprint density at radius 2 is 1.65 bits per heavy atom. The first-order valence-corrected chi connectivity index (χ1v) is 10.9. The normalized spacial score (nSPS) is 14.3. The van der Waals surface area contributed by atoms with Crippen LogP contribution in [0.1, 0.15) is 55.7 Å². The number of carbonyl (C=O) groups excluding carboxylic acids is 2. The molecular weight excluding hydrogens is 455 g/mol. The molecule has 2 aromatic rings. The Balaban J connectivity index is 2.19. The van der Waals surface area contributed by atoms with Crippen molar-refractivity contribution in [2.45, 2.75) is 52.1 Å². The van der Waals surface area contributed by atoms with Gasteiger partial charge in [0, 0.05) is 13.0 Å². The molecule has 4 nitrogen and oxygen atoms in total. The number of amides is 2. The lowest BCUT2D eigenvalue weighted by molar-refractivity contribution is -0.159. The second-order valence-corrected chi connectivity index (χ2v) is 8.56. The van der Waals surface area contributed by atoms with Crippen LogP contribution in [0.3, 0.4) is 0 Å². The number of alkyl halides is 3. The minimum Gasteiger partial charge on any atom is -0.336 e. The van der Waals surface area contributed by atoms with E-state index in [0.717, 1.165) is 18.7 Å². The third-order valence-electron chi connectivity index (χ3n) is 6.00. The van der Waals surface area contributed by atoms with Crippen LogP contribution >= 0.6 is 0 Å². The number of anilines is 1. The number of hydrogen-bond acceptors (Lipinski definition) is 2. The van der Waals surface area contributed by atoms with Crippen molar-refractivity contribution in [3.8, 4) is 0 Å². The van der Waals surface area contributed by atoms with Gasteiger partial charge in [-0.2, -0.15) is 13.2 Å². The third kappa shape index (κ3) is 6.77. The van der Waals surface area contributed by atoms with Crippen molar-refractivity contribution in [3.05, 3.63) is 64.7 Å². The number of carbonyl (C=O) groups is 2. The van der Waals surface area contributed by atoms with Gasteiger partial charge in [-0.25, -0.2) is 8.78 Å². The standard InChI is InChI=1S/C25H29F5N2O2/c1-6-19(17-7-9-18(26)10-8-17)15(3)23(33)31-22-11-14(2)20(12-21(22)27)16(4)24(34)32(5)13-25(28,29)30/h7-12,15-16,19H,6,13H2,1-5H3,(H,31,33)/t15-,16?,19+/m0/s1. The summed E-state index contributed by atoms with van der Waals surface area (Å²) in [5.41, 5.74) is 1.39. The summed E-state index contributed by atoms with van der Waals surface area (Å²) in [5.74, 6) is -4.18. The fourth-order valence-electron chi connectivity index (χ4n) is 4.09. The largest absolute Gasteiger partial charge is 0.406 e. The second-order valence-electron chi connectivity index (χ2n) is 8.56. The van der Waals surface area contributed by atoms with Gasteiger partial charge in [0.1, 0.15) is 18.2 Å². The van der Waals surface area contributed by atoms with E-state index in [4.69, 9.17) is 0 Å². The summed E-state index contributed by atoms with van der Waals surface area (Å²) in [4.78, 5) is 25.8. The zero-order valence-corrected chi connectivity index (χ0v) is 19.8. The molecule has 2 rings (SSSR count). The number of hydrogen-bond donors (Lipinski definition) is 1. The first-order chi connectivity index (χ1) is 15.7.